The summed E-state index contributed by atoms with van der Waals surface area (Å²) in [5.41, 5.74) is 3.10. The van der Waals surface area contributed by atoms with E-state index in [1.165, 1.54) is 11.8 Å². The van der Waals surface area contributed by atoms with Crippen LogP contribution in [0.3, 0.4) is 0 Å². The Kier molecular flexibility index (Phi) is 6.27. The first kappa shape index (κ1) is 24.4. The van der Waals surface area contributed by atoms with Gasteiger partial charge in [0, 0.05) is 54.4 Å². The lowest BCUT2D eigenvalue weighted by Crippen LogP contribution is -2.44. The molecule has 0 saturated carbocycles. The number of hydrogen-bond donors (Lipinski definition) is 2. The fourth-order valence-electron chi connectivity index (χ4n) is 5.17. The van der Waals surface area contributed by atoms with Crippen LogP contribution in [-0.2, 0) is 0 Å². The zero-order valence-corrected chi connectivity index (χ0v) is 21.8. The Balaban J connectivity index is 1.28. The summed E-state index contributed by atoms with van der Waals surface area (Å²) in [6, 6.07) is 11.5. The van der Waals surface area contributed by atoms with Crippen LogP contribution in [-0.4, -0.2) is 72.3 Å². The zero-order chi connectivity index (χ0) is 26.4. The van der Waals surface area contributed by atoms with Gasteiger partial charge in [-0.25, -0.2) is 18.7 Å². The fourth-order valence-corrected chi connectivity index (χ4v) is 5.17. The van der Waals surface area contributed by atoms with Crippen LogP contribution >= 0.6 is 0 Å². The third kappa shape index (κ3) is 4.60. The lowest BCUT2D eigenvalue weighted by Gasteiger charge is -2.34. The molecule has 2 aliphatic rings. The van der Waals surface area contributed by atoms with Crippen molar-refractivity contribution in [1.29, 1.82) is 0 Å². The third-order valence-corrected chi connectivity index (χ3v) is 7.27. The predicted octanol–water partition coefficient (Wildman–Crippen LogP) is 5.01. The van der Waals surface area contributed by atoms with E-state index in [1.54, 1.807) is 6.07 Å². The van der Waals surface area contributed by atoms with Crippen LogP contribution in [0.1, 0.15) is 13.8 Å². The highest BCUT2D eigenvalue weighted by Gasteiger charge is 2.26. The predicted molar refractivity (Wildman–Crippen MR) is 147 cm³/mol. The molecule has 2 aromatic heterocycles. The molecule has 38 heavy (non-hydrogen) atoms. The summed E-state index contributed by atoms with van der Waals surface area (Å²) in [6.45, 7) is 9.16. The van der Waals surface area contributed by atoms with Crippen molar-refractivity contribution < 1.29 is 13.5 Å². The van der Waals surface area contributed by atoms with Gasteiger partial charge in [0.1, 0.15) is 18.1 Å². The molecule has 0 amide bonds. The number of nitrogens with zero attached hydrogens (tertiary/aromatic N) is 5. The highest BCUT2D eigenvalue weighted by atomic mass is 19.1. The van der Waals surface area contributed by atoms with Gasteiger partial charge in [-0.05, 0) is 57.3 Å². The summed E-state index contributed by atoms with van der Waals surface area (Å²) < 4.78 is 35.5. The molecule has 198 valence electrons. The van der Waals surface area contributed by atoms with Gasteiger partial charge in [-0.2, -0.15) is 0 Å². The Morgan fingerprint density at radius 3 is 2.61 bits per heavy atom. The number of nitrogens with one attached hydrogen (secondary N) is 2. The van der Waals surface area contributed by atoms with Gasteiger partial charge in [0.2, 0.25) is 5.95 Å². The Morgan fingerprint density at radius 1 is 1.00 bits per heavy atom. The first-order chi connectivity index (χ1) is 18.4. The molecule has 6 rings (SSSR count). The zero-order valence-electron chi connectivity index (χ0n) is 21.8. The number of H-pyrrole nitrogens is 1. The number of rotatable bonds is 5. The quantitative estimate of drug-likeness (QED) is 0.384. The second-order valence-corrected chi connectivity index (χ2v) is 10.2. The monoisotopic (exact) mass is 519 g/mol. The lowest BCUT2D eigenvalue weighted by atomic mass is 10.1. The molecule has 2 aromatic carbocycles. The molecule has 0 radical (unpaired) electrons. The van der Waals surface area contributed by atoms with E-state index in [0.717, 1.165) is 43.3 Å². The van der Waals surface area contributed by atoms with Crippen LogP contribution in [0.25, 0.3) is 22.2 Å². The molecule has 0 bridgehead atoms. The summed E-state index contributed by atoms with van der Waals surface area (Å²) in [7, 11) is 2.14. The van der Waals surface area contributed by atoms with Gasteiger partial charge in [0.15, 0.2) is 17.4 Å². The van der Waals surface area contributed by atoms with Crippen molar-refractivity contribution in [3.05, 3.63) is 54.2 Å². The van der Waals surface area contributed by atoms with E-state index in [9.17, 15) is 8.78 Å². The topological polar surface area (TPSA) is 72.6 Å². The second kappa shape index (κ2) is 9.75. The van der Waals surface area contributed by atoms with E-state index in [0.29, 0.717) is 30.2 Å². The molecule has 0 aliphatic carbocycles. The maximum atomic E-state index is 15.0. The third-order valence-electron chi connectivity index (χ3n) is 7.27. The number of piperazine rings is 1. The number of anilines is 4. The first-order valence-electron chi connectivity index (χ1n) is 12.9. The Labute approximate surface area is 220 Å². The molecule has 0 spiro atoms. The molecule has 0 unspecified atom stereocenters. The van der Waals surface area contributed by atoms with Crippen molar-refractivity contribution >= 4 is 34.0 Å². The van der Waals surface area contributed by atoms with Crippen molar-refractivity contribution in [2.45, 2.75) is 19.9 Å². The highest BCUT2D eigenvalue weighted by molar-refractivity contribution is 5.87. The summed E-state index contributed by atoms with van der Waals surface area (Å²) in [5.74, 6) is -0.0831. The molecular weight excluding hydrogens is 488 g/mol. The lowest BCUT2D eigenvalue weighted by molar-refractivity contribution is 0.287. The molecule has 1 saturated heterocycles. The first-order valence-corrected chi connectivity index (χ1v) is 12.9. The van der Waals surface area contributed by atoms with E-state index in [4.69, 9.17) is 4.74 Å². The Hall–Kier alpha value is -3.92. The van der Waals surface area contributed by atoms with Crippen LogP contribution in [0.2, 0.25) is 0 Å². The number of hydrogen-bond acceptors (Lipinski definition) is 7. The van der Waals surface area contributed by atoms with E-state index < -0.39 is 11.6 Å². The van der Waals surface area contributed by atoms with Crippen LogP contribution in [0.5, 0.6) is 5.75 Å². The van der Waals surface area contributed by atoms with Gasteiger partial charge in [0.05, 0.1) is 18.4 Å². The Bertz CT molecular complexity index is 1480. The summed E-state index contributed by atoms with van der Waals surface area (Å²) in [5, 5.41) is 4.20. The maximum absolute atomic E-state index is 15.0. The van der Waals surface area contributed by atoms with Gasteiger partial charge in [-0.1, -0.05) is 0 Å². The minimum atomic E-state index is -0.629. The molecule has 4 heterocycles. The van der Waals surface area contributed by atoms with E-state index in [1.807, 2.05) is 24.8 Å². The number of aromatic nitrogens is 3. The van der Waals surface area contributed by atoms with Crippen molar-refractivity contribution in [3.63, 3.8) is 0 Å². The summed E-state index contributed by atoms with van der Waals surface area (Å²) in [4.78, 5) is 18.6. The number of halogens is 2. The number of ether oxygens (including phenoxy) is 1. The van der Waals surface area contributed by atoms with Gasteiger partial charge in [0.25, 0.3) is 0 Å². The highest BCUT2D eigenvalue weighted by Crippen LogP contribution is 2.39. The molecule has 10 heteroatoms. The molecule has 2 aliphatic heterocycles. The molecule has 8 nitrogen and oxygen atoms in total. The largest absolute Gasteiger partial charge is 0.486 e. The van der Waals surface area contributed by atoms with Crippen LogP contribution in [0.15, 0.2) is 42.6 Å². The number of likely N-dealkylation sites (N-methyl/N-ethyl adjacent to an activating group) is 1. The van der Waals surface area contributed by atoms with Gasteiger partial charge >= 0.3 is 0 Å². The van der Waals surface area contributed by atoms with Gasteiger partial charge < -0.3 is 29.7 Å². The molecular formula is C28H31F2N7O. The minimum absolute atomic E-state index is 0.0203. The molecule has 2 N–H and O–H groups in total. The van der Waals surface area contributed by atoms with Gasteiger partial charge in [-0.15, -0.1) is 0 Å². The smallest absolute Gasteiger partial charge is 0.229 e. The second-order valence-electron chi connectivity index (χ2n) is 10.2. The normalized spacial score (nSPS) is 16.2. The average Bonchev–Trinajstić information content (AvgIpc) is 3.31. The SMILES string of the molecule is CC(C)N1CCOc2c(F)cc(-c3nc(Nc4cc5cc(N6CCN(C)CC6)ccc5[nH]4)ncc3F)cc21. The van der Waals surface area contributed by atoms with Crippen LogP contribution < -0.4 is 19.9 Å². The maximum Gasteiger partial charge on any atom is 0.229 e. The Morgan fingerprint density at radius 2 is 1.82 bits per heavy atom. The average molecular weight is 520 g/mol. The number of benzene rings is 2. The van der Waals surface area contributed by atoms with E-state index in [2.05, 4.69) is 55.3 Å². The number of fused-ring (bicyclic) bond motifs is 2. The van der Waals surface area contributed by atoms with E-state index >= 15 is 0 Å². The van der Waals surface area contributed by atoms with Crippen molar-refractivity contribution in [2.24, 2.45) is 0 Å². The standard InChI is InChI=1S/C28H31F2N7O/c1-17(2)37-10-11-38-27-21(29)13-19(14-24(27)37)26-22(30)16-31-28(34-26)33-25-15-18-12-20(4-5-23(18)32-25)36-8-6-35(3)7-9-36/h4-5,12-17,32H,6-11H2,1-3H3,(H,31,33,34). The number of aromatic amines is 1. The van der Waals surface area contributed by atoms with Crippen molar-refractivity contribution in [2.75, 3.05) is 61.5 Å². The van der Waals surface area contributed by atoms with Crippen LogP contribution in [0.4, 0.5) is 31.9 Å². The van der Waals surface area contributed by atoms with Crippen molar-refractivity contribution in [1.82, 2.24) is 19.9 Å². The van der Waals surface area contributed by atoms with Crippen LogP contribution in [0, 0.1) is 11.6 Å². The van der Waals surface area contributed by atoms with Crippen molar-refractivity contribution in [3.8, 4) is 17.0 Å². The minimum Gasteiger partial charge on any atom is -0.486 e. The fraction of sp³-hybridized carbons (Fsp3) is 0.357. The molecule has 1 fully saturated rings. The summed E-state index contributed by atoms with van der Waals surface area (Å²) in [6.07, 6.45) is 1.10. The molecule has 4 aromatic rings. The van der Waals surface area contributed by atoms with E-state index in [-0.39, 0.29) is 23.4 Å². The molecule has 0 atom stereocenters. The van der Waals surface area contributed by atoms with Gasteiger partial charge in [-0.3, -0.25) is 0 Å². The summed E-state index contributed by atoms with van der Waals surface area (Å²) >= 11 is 0.